The van der Waals surface area contributed by atoms with Crippen LogP contribution in [0.5, 0.6) is 5.75 Å². The van der Waals surface area contributed by atoms with Crippen molar-refractivity contribution < 1.29 is 44.6 Å². The number of carboxylic acid groups (broad SMARTS) is 1. The van der Waals surface area contributed by atoms with Crippen LogP contribution in [-0.2, 0) is 20.0 Å². The number of rotatable bonds is 7. The van der Waals surface area contributed by atoms with Crippen LogP contribution in [0.25, 0.3) is 0 Å². The predicted octanol–water partition coefficient (Wildman–Crippen LogP) is 3.18. The lowest BCUT2D eigenvalue weighted by Crippen LogP contribution is -2.46. The number of hydrogen-bond acceptors (Lipinski definition) is 6. The number of hydrogen-bond donors (Lipinski definition) is 2. The lowest BCUT2D eigenvalue weighted by Gasteiger charge is -2.31. The van der Waals surface area contributed by atoms with E-state index in [4.69, 9.17) is 5.11 Å². The monoisotopic (exact) mass is 586 g/mol. The molecular formula is C19H18BrF3N2O7S2. The largest absolute Gasteiger partial charge is 0.573 e. The van der Waals surface area contributed by atoms with Gasteiger partial charge in [0, 0.05) is 23.6 Å². The third-order valence-electron chi connectivity index (χ3n) is 4.92. The molecule has 1 saturated heterocycles. The molecule has 3 rings (SSSR count). The van der Waals surface area contributed by atoms with Crippen molar-refractivity contribution in [1.82, 2.24) is 9.03 Å². The topological polar surface area (TPSA) is 130 Å². The zero-order chi connectivity index (χ0) is 25.3. The number of halogens is 4. The van der Waals surface area contributed by atoms with Crippen LogP contribution in [0.4, 0.5) is 13.2 Å². The van der Waals surface area contributed by atoms with E-state index in [0.29, 0.717) is 0 Å². The van der Waals surface area contributed by atoms with Gasteiger partial charge in [-0.2, -0.15) is 4.31 Å². The summed E-state index contributed by atoms with van der Waals surface area (Å²) in [6.07, 6.45) is -5.02. The fourth-order valence-electron chi connectivity index (χ4n) is 3.34. The van der Waals surface area contributed by atoms with Crippen LogP contribution in [0.3, 0.4) is 0 Å². The normalized spacial score (nSPS) is 16.4. The third-order valence-corrected chi connectivity index (χ3v) is 8.86. The smallest absolute Gasteiger partial charge is 0.478 e. The zero-order valence-electron chi connectivity index (χ0n) is 17.1. The Bertz CT molecular complexity index is 1290. The van der Waals surface area contributed by atoms with E-state index in [1.165, 1.54) is 24.3 Å². The highest BCUT2D eigenvalue weighted by Gasteiger charge is 2.36. The summed E-state index contributed by atoms with van der Waals surface area (Å²) in [5.41, 5.74) is -0.199. The van der Waals surface area contributed by atoms with Crippen LogP contribution in [0.15, 0.2) is 56.7 Å². The van der Waals surface area contributed by atoms with Gasteiger partial charge >= 0.3 is 12.3 Å². The second-order valence-electron chi connectivity index (χ2n) is 7.27. The van der Waals surface area contributed by atoms with E-state index in [2.05, 4.69) is 25.4 Å². The Morgan fingerprint density at radius 2 is 1.74 bits per heavy atom. The van der Waals surface area contributed by atoms with Crippen LogP contribution in [0.2, 0.25) is 0 Å². The average molecular weight is 587 g/mol. The molecule has 0 aromatic heterocycles. The van der Waals surface area contributed by atoms with Crippen LogP contribution in [0, 0.1) is 0 Å². The molecule has 0 spiro atoms. The second-order valence-corrected chi connectivity index (χ2v) is 11.8. The molecule has 1 heterocycles. The fraction of sp³-hybridized carbons (Fsp3) is 0.316. The van der Waals surface area contributed by atoms with Gasteiger partial charge in [0.25, 0.3) is 0 Å². The van der Waals surface area contributed by atoms with E-state index >= 15 is 0 Å². The van der Waals surface area contributed by atoms with Crippen molar-refractivity contribution in [2.24, 2.45) is 0 Å². The Balaban J connectivity index is 1.73. The minimum atomic E-state index is -5.11. The summed E-state index contributed by atoms with van der Waals surface area (Å²) >= 11 is 2.97. The minimum Gasteiger partial charge on any atom is -0.478 e. The maximum atomic E-state index is 12.9. The number of carbonyl (C=O) groups is 1. The molecule has 2 N–H and O–H groups in total. The SMILES string of the molecule is O=C(O)c1cccc(S(=O)(=O)N2CCC(NS(=O)(=O)c3ccc(Br)cc3OC(F)(F)F)CC2)c1. The fourth-order valence-corrected chi connectivity index (χ4v) is 6.61. The Morgan fingerprint density at radius 1 is 1.09 bits per heavy atom. The number of nitrogens with one attached hydrogen (secondary N) is 1. The molecule has 0 radical (unpaired) electrons. The van der Waals surface area contributed by atoms with Crippen LogP contribution >= 0.6 is 15.9 Å². The molecule has 1 aliphatic heterocycles. The maximum Gasteiger partial charge on any atom is 0.573 e. The molecule has 0 amide bonds. The number of benzene rings is 2. The highest BCUT2D eigenvalue weighted by atomic mass is 79.9. The highest BCUT2D eigenvalue weighted by Crippen LogP contribution is 2.33. The van der Waals surface area contributed by atoms with E-state index in [9.17, 15) is 34.8 Å². The van der Waals surface area contributed by atoms with E-state index in [0.717, 1.165) is 22.5 Å². The Morgan fingerprint density at radius 3 is 2.32 bits per heavy atom. The number of carboxylic acids is 1. The number of piperidine rings is 1. The number of aromatic carboxylic acids is 1. The summed E-state index contributed by atoms with van der Waals surface area (Å²) in [7, 11) is -8.46. The molecule has 0 unspecified atom stereocenters. The van der Waals surface area contributed by atoms with Gasteiger partial charge in [0.15, 0.2) is 5.75 Å². The van der Waals surface area contributed by atoms with Crippen molar-refractivity contribution in [3.8, 4) is 5.75 Å². The van der Waals surface area contributed by atoms with E-state index in [-0.39, 0.29) is 40.9 Å². The van der Waals surface area contributed by atoms with E-state index < -0.39 is 49.1 Å². The summed E-state index contributed by atoms with van der Waals surface area (Å²) in [5.74, 6) is -2.19. The summed E-state index contributed by atoms with van der Waals surface area (Å²) in [5, 5.41) is 9.07. The first-order chi connectivity index (χ1) is 15.7. The number of nitrogens with zero attached hydrogens (tertiary/aromatic N) is 1. The molecule has 0 atom stereocenters. The van der Waals surface area contributed by atoms with Crippen molar-refractivity contribution in [3.05, 3.63) is 52.5 Å². The standard InChI is InChI=1S/C19H18BrF3N2O7S2/c20-13-4-5-17(16(11-13)32-19(21,22)23)33(28,29)24-14-6-8-25(9-7-14)34(30,31)15-3-1-2-12(10-15)18(26)27/h1-5,10-11,14,24H,6-9H2,(H,26,27). The first kappa shape index (κ1) is 26.4. The van der Waals surface area contributed by atoms with Gasteiger partial charge in [0.1, 0.15) is 4.90 Å². The molecule has 15 heteroatoms. The van der Waals surface area contributed by atoms with Gasteiger partial charge in [-0.1, -0.05) is 22.0 Å². The van der Waals surface area contributed by atoms with Gasteiger partial charge < -0.3 is 9.84 Å². The lowest BCUT2D eigenvalue weighted by molar-refractivity contribution is -0.275. The summed E-state index contributed by atoms with van der Waals surface area (Å²) in [6.45, 7) is -0.169. The number of ether oxygens (including phenoxy) is 1. The molecule has 9 nitrogen and oxygen atoms in total. The molecule has 186 valence electrons. The van der Waals surface area contributed by atoms with Crippen molar-refractivity contribution in [1.29, 1.82) is 0 Å². The minimum absolute atomic E-state index is 0.0447. The summed E-state index contributed by atoms with van der Waals surface area (Å²) in [6, 6.07) is 7.18. The Kier molecular flexibility index (Phi) is 7.62. The molecule has 0 saturated carbocycles. The first-order valence-electron chi connectivity index (χ1n) is 9.60. The molecule has 0 aliphatic carbocycles. The second kappa shape index (κ2) is 9.81. The third kappa shape index (κ3) is 6.27. The molecule has 34 heavy (non-hydrogen) atoms. The molecule has 0 bridgehead atoms. The van der Waals surface area contributed by atoms with Gasteiger partial charge in [-0.25, -0.2) is 26.4 Å². The number of alkyl halides is 3. The van der Waals surface area contributed by atoms with Gasteiger partial charge in [-0.3, -0.25) is 0 Å². The Hall–Kier alpha value is -2.20. The summed E-state index contributed by atoms with van der Waals surface area (Å²) in [4.78, 5) is 10.2. The predicted molar refractivity (Wildman–Crippen MR) is 116 cm³/mol. The number of sulfonamides is 2. The van der Waals surface area contributed by atoms with Crippen LogP contribution < -0.4 is 9.46 Å². The Labute approximate surface area is 201 Å². The quantitative estimate of drug-likeness (QED) is 0.509. The first-order valence-corrected chi connectivity index (χ1v) is 13.3. The van der Waals surface area contributed by atoms with E-state index in [1.807, 2.05) is 0 Å². The van der Waals surface area contributed by atoms with Crippen LogP contribution in [0.1, 0.15) is 23.2 Å². The van der Waals surface area contributed by atoms with Crippen LogP contribution in [-0.4, -0.2) is 57.7 Å². The lowest BCUT2D eigenvalue weighted by atomic mass is 10.1. The van der Waals surface area contributed by atoms with Crippen molar-refractivity contribution >= 4 is 41.9 Å². The highest BCUT2D eigenvalue weighted by molar-refractivity contribution is 9.10. The molecule has 2 aromatic carbocycles. The molecule has 1 aliphatic rings. The van der Waals surface area contributed by atoms with Gasteiger partial charge in [-0.15, -0.1) is 13.2 Å². The zero-order valence-corrected chi connectivity index (χ0v) is 20.3. The van der Waals surface area contributed by atoms with Crippen molar-refractivity contribution in [2.75, 3.05) is 13.1 Å². The molecule has 2 aromatic rings. The summed E-state index contributed by atoms with van der Waals surface area (Å²) < 4.78 is 96.8. The van der Waals surface area contributed by atoms with Gasteiger partial charge in [-0.05, 0) is 49.2 Å². The van der Waals surface area contributed by atoms with Crippen molar-refractivity contribution in [3.63, 3.8) is 0 Å². The van der Waals surface area contributed by atoms with Gasteiger partial charge in [0.2, 0.25) is 20.0 Å². The van der Waals surface area contributed by atoms with Gasteiger partial charge in [0.05, 0.1) is 10.5 Å². The molecular weight excluding hydrogens is 569 g/mol. The van der Waals surface area contributed by atoms with E-state index in [1.54, 1.807) is 0 Å². The molecule has 1 fully saturated rings. The average Bonchev–Trinajstić information content (AvgIpc) is 2.72. The van der Waals surface area contributed by atoms with Crippen molar-refractivity contribution in [2.45, 2.75) is 35.0 Å². The maximum absolute atomic E-state index is 12.9.